The van der Waals surface area contributed by atoms with Gasteiger partial charge in [-0.25, -0.2) is 8.42 Å². The van der Waals surface area contributed by atoms with Crippen LogP contribution in [0.15, 0.2) is 27.6 Å². The van der Waals surface area contributed by atoms with E-state index in [1.807, 2.05) is 6.92 Å². The summed E-state index contributed by atoms with van der Waals surface area (Å²) in [5.41, 5.74) is 0.882. The highest BCUT2D eigenvalue weighted by atomic mass is 79.9. The molecule has 0 bridgehead atoms. The second kappa shape index (κ2) is 5.44. The number of carboxylic acid groups (broad SMARTS) is 1. The maximum Gasteiger partial charge on any atom is 0.322 e. The van der Waals surface area contributed by atoms with Crippen LogP contribution in [0.25, 0.3) is 0 Å². The fourth-order valence-corrected chi connectivity index (χ4v) is 5.00. The van der Waals surface area contributed by atoms with Crippen molar-refractivity contribution in [2.75, 3.05) is 6.54 Å². The lowest BCUT2D eigenvalue weighted by Gasteiger charge is -2.21. The predicted molar refractivity (Wildman–Crippen MR) is 74.8 cm³/mol. The molecule has 1 saturated heterocycles. The smallest absolute Gasteiger partial charge is 0.322 e. The van der Waals surface area contributed by atoms with Crippen molar-refractivity contribution in [3.05, 3.63) is 28.2 Å². The highest BCUT2D eigenvalue weighted by Gasteiger charge is 2.44. The number of hydrogen-bond acceptors (Lipinski definition) is 4. The van der Waals surface area contributed by atoms with Crippen molar-refractivity contribution >= 4 is 31.9 Å². The summed E-state index contributed by atoms with van der Waals surface area (Å²) in [6.45, 7) is 1.61. The molecule has 1 aliphatic rings. The van der Waals surface area contributed by atoms with Gasteiger partial charge in [-0.3, -0.25) is 4.79 Å². The van der Waals surface area contributed by atoms with E-state index >= 15 is 0 Å². The fourth-order valence-electron chi connectivity index (χ4n) is 2.22. The standard InChI is InChI=1S/C12H14BrNO5S/c1-7-2-3-11(9(13)4-7)20(18,19)14-6-8(15)5-10(14)12(16)17/h2-4,8,10,15H,5-6H2,1H3,(H,16,17). The first-order valence-corrected chi connectivity index (χ1v) is 8.15. The minimum absolute atomic E-state index is 0.00319. The number of carboxylic acids is 1. The SMILES string of the molecule is Cc1ccc(S(=O)(=O)N2CC(O)CC2C(=O)O)c(Br)c1. The van der Waals surface area contributed by atoms with Crippen LogP contribution in [0, 0.1) is 6.92 Å². The molecule has 0 amide bonds. The summed E-state index contributed by atoms with van der Waals surface area (Å²) in [7, 11) is -3.97. The molecule has 0 spiro atoms. The number of rotatable bonds is 3. The van der Waals surface area contributed by atoms with Crippen molar-refractivity contribution in [3.8, 4) is 0 Å². The third-order valence-corrected chi connectivity index (χ3v) is 6.04. The van der Waals surface area contributed by atoms with E-state index in [0.29, 0.717) is 4.47 Å². The van der Waals surface area contributed by atoms with E-state index in [1.165, 1.54) is 6.07 Å². The maximum atomic E-state index is 12.5. The third kappa shape index (κ3) is 2.73. The molecule has 2 unspecified atom stereocenters. The minimum Gasteiger partial charge on any atom is -0.480 e. The average Bonchev–Trinajstić information content (AvgIpc) is 2.71. The first-order chi connectivity index (χ1) is 9.23. The van der Waals surface area contributed by atoms with Crippen molar-refractivity contribution in [1.82, 2.24) is 4.31 Å². The zero-order chi connectivity index (χ0) is 15.1. The molecule has 1 aromatic rings. The van der Waals surface area contributed by atoms with Crippen LogP contribution in [0.3, 0.4) is 0 Å². The fraction of sp³-hybridized carbons (Fsp3) is 0.417. The number of hydrogen-bond donors (Lipinski definition) is 2. The van der Waals surface area contributed by atoms with Crippen LogP contribution in [0.4, 0.5) is 0 Å². The Kier molecular flexibility index (Phi) is 4.19. The molecule has 0 saturated carbocycles. The van der Waals surface area contributed by atoms with E-state index in [4.69, 9.17) is 5.11 Å². The Hall–Kier alpha value is -0.960. The van der Waals surface area contributed by atoms with E-state index in [9.17, 15) is 18.3 Å². The van der Waals surface area contributed by atoms with Gasteiger partial charge >= 0.3 is 5.97 Å². The molecule has 20 heavy (non-hydrogen) atoms. The molecule has 2 rings (SSSR count). The molecule has 2 atom stereocenters. The normalized spacial score (nSPS) is 23.9. The molecule has 1 heterocycles. The molecule has 2 N–H and O–H groups in total. The maximum absolute atomic E-state index is 12.5. The number of carbonyl (C=O) groups is 1. The summed E-state index contributed by atoms with van der Waals surface area (Å²) in [6.07, 6.45) is -1.06. The summed E-state index contributed by atoms with van der Waals surface area (Å²) in [5.74, 6) is -1.26. The van der Waals surface area contributed by atoms with Gasteiger partial charge in [0.2, 0.25) is 10.0 Å². The summed E-state index contributed by atoms with van der Waals surface area (Å²) in [4.78, 5) is 11.1. The number of aryl methyl sites for hydroxylation is 1. The van der Waals surface area contributed by atoms with E-state index in [2.05, 4.69) is 15.9 Å². The Morgan fingerprint density at radius 3 is 2.65 bits per heavy atom. The number of aliphatic hydroxyl groups excluding tert-OH is 1. The van der Waals surface area contributed by atoms with Gasteiger partial charge in [0.25, 0.3) is 0 Å². The minimum atomic E-state index is -3.97. The first-order valence-electron chi connectivity index (χ1n) is 5.92. The Labute approximate surface area is 125 Å². The Morgan fingerprint density at radius 1 is 1.45 bits per heavy atom. The molecular weight excluding hydrogens is 350 g/mol. The van der Waals surface area contributed by atoms with Gasteiger partial charge in [-0.05, 0) is 40.5 Å². The number of aliphatic hydroxyl groups is 1. The number of sulfonamides is 1. The van der Waals surface area contributed by atoms with Gasteiger partial charge in [0, 0.05) is 17.4 Å². The zero-order valence-corrected chi connectivity index (χ0v) is 13.1. The van der Waals surface area contributed by atoms with Crippen LogP contribution in [-0.4, -0.2) is 47.6 Å². The van der Waals surface area contributed by atoms with Crippen LogP contribution >= 0.6 is 15.9 Å². The van der Waals surface area contributed by atoms with E-state index in [1.54, 1.807) is 12.1 Å². The number of β-amino-alcohol motifs (C(OH)–C–C–N with tert-alkyl or cyclic N) is 1. The second-order valence-electron chi connectivity index (χ2n) is 4.75. The predicted octanol–water partition coefficient (Wildman–Crippen LogP) is 0.966. The van der Waals surface area contributed by atoms with Crippen molar-refractivity contribution in [2.24, 2.45) is 0 Å². The molecule has 1 fully saturated rings. The molecule has 0 aromatic heterocycles. The van der Waals surface area contributed by atoms with Crippen LogP contribution in [0.2, 0.25) is 0 Å². The first kappa shape index (κ1) is 15.4. The molecule has 1 aliphatic heterocycles. The van der Waals surface area contributed by atoms with Gasteiger partial charge < -0.3 is 10.2 Å². The highest BCUT2D eigenvalue weighted by molar-refractivity contribution is 9.10. The topological polar surface area (TPSA) is 94.9 Å². The van der Waals surface area contributed by atoms with Crippen LogP contribution < -0.4 is 0 Å². The Bertz CT molecular complexity index is 645. The average molecular weight is 364 g/mol. The van der Waals surface area contributed by atoms with Crippen molar-refractivity contribution in [3.63, 3.8) is 0 Å². The molecule has 0 radical (unpaired) electrons. The Balaban J connectivity index is 2.46. The van der Waals surface area contributed by atoms with Crippen molar-refractivity contribution in [2.45, 2.75) is 30.4 Å². The summed E-state index contributed by atoms with van der Waals surface area (Å²) < 4.78 is 26.3. The third-order valence-electron chi connectivity index (χ3n) is 3.19. The monoisotopic (exact) mass is 363 g/mol. The lowest BCUT2D eigenvalue weighted by molar-refractivity contribution is -0.140. The Morgan fingerprint density at radius 2 is 2.10 bits per heavy atom. The van der Waals surface area contributed by atoms with Gasteiger partial charge in [-0.2, -0.15) is 4.31 Å². The molecule has 0 aliphatic carbocycles. The van der Waals surface area contributed by atoms with Crippen LogP contribution in [-0.2, 0) is 14.8 Å². The quantitative estimate of drug-likeness (QED) is 0.833. The lowest BCUT2D eigenvalue weighted by atomic mass is 10.2. The van der Waals surface area contributed by atoms with E-state index < -0.39 is 28.1 Å². The van der Waals surface area contributed by atoms with Crippen LogP contribution in [0.1, 0.15) is 12.0 Å². The number of halogens is 1. The van der Waals surface area contributed by atoms with Crippen molar-refractivity contribution in [1.29, 1.82) is 0 Å². The molecule has 1 aromatic carbocycles. The van der Waals surface area contributed by atoms with Gasteiger partial charge in [0.15, 0.2) is 0 Å². The largest absolute Gasteiger partial charge is 0.480 e. The van der Waals surface area contributed by atoms with Gasteiger partial charge in [-0.15, -0.1) is 0 Å². The van der Waals surface area contributed by atoms with E-state index in [-0.39, 0.29) is 17.9 Å². The van der Waals surface area contributed by atoms with E-state index in [0.717, 1.165) is 9.87 Å². The summed E-state index contributed by atoms with van der Waals surface area (Å²) in [5, 5.41) is 18.7. The number of aliphatic carboxylic acids is 1. The van der Waals surface area contributed by atoms with Crippen LogP contribution in [0.5, 0.6) is 0 Å². The van der Waals surface area contributed by atoms with Crippen molar-refractivity contribution < 1.29 is 23.4 Å². The second-order valence-corrected chi connectivity index (χ2v) is 7.47. The highest BCUT2D eigenvalue weighted by Crippen LogP contribution is 2.31. The summed E-state index contributed by atoms with van der Waals surface area (Å²) >= 11 is 3.19. The van der Waals surface area contributed by atoms with Gasteiger partial charge in [0.05, 0.1) is 11.0 Å². The summed E-state index contributed by atoms with van der Waals surface area (Å²) in [6, 6.07) is 3.48. The van der Waals surface area contributed by atoms with Gasteiger partial charge in [0.1, 0.15) is 6.04 Å². The lowest BCUT2D eigenvalue weighted by Crippen LogP contribution is -2.40. The molecule has 110 valence electrons. The molecule has 6 nitrogen and oxygen atoms in total. The van der Waals surface area contributed by atoms with Gasteiger partial charge in [-0.1, -0.05) is 6.07 Å². The zero-order valence-electron chi connectivity index (χ0n) is 10.7. The number of nitrogens with zero attached hydrogens (tertiary/aromatic N) is 1. The number of benzene rings is 1. The molecular formula is C12H14BrNO5S. The molecule has 8 heteroatoms.